The van der Waals surface area contributed by atoms with E-state index in [-0.39, 0.29) is 0 Å². The number of nitrogens with one attached hydrogen (secondary N) is 1. The molecule has 2 aromatic heterocycles. The zero-order chi connectivity index (χ0) is 14.8. The lowest BCUT2D eigenvalue weighted by molar-refractivity contribution is 0.166. The van der Waals surface area contributed by atoms with Crippen molar-refractivity contribution in [2.45, 2.75) is 45.6 Å². The molecule has 3 heterocycles. The standard InChI is InChI=1S/C16H23N5/c1-11(2)21-8-4-5-13(10-21)15-16(18-7-6-17-15)14-9-12(3)19-20-14/h6-7,9,11,13H,4-5,8,10H2,1-3H3,(H,19,20)/t13-/m1/s1. The molecule has 5 heteroatoms. The van der Waals surface area contributed by atoms with Crippen molar-refractivity contribution in [1.82, 2.24) is 25.1 Å². The lowest BCUT2D eigenvalue weighted by atomic mass is 9.92. The fourth-order valence-electron chi connectivity index (χ4n) is 3.08. The van der Waals surface area contributed by atoms with Crippen LogP contribution in [0.5, 0.6) is 0 Å². The SMILES string of the molecule is Cc1cc(-c2nccnc2[C@@H]2CCCN(C(C)C)C2)n[nH]1. The molecule has 0 aliphatic carbocycles. The molecule has 3 rings (SSSR count). The summed E-state index contributed by atoms with van der Waals surface area (Å²) in [7, 11) is 0. The number of rotatable bonds is 3. The Morgan fingerprint density at radius 3 is 2.81 bits per heavy atom. The van der Waals surface area contributed by atoms with Crippen LogP contribution in [0.3, 0.4) is 0 Å². The molecule has 1 saturated heterocycles. The minimum atomic E-state index is 0.446. The number of aromatic amines is 1. The lowest BCUT2D eigenvalue weighted by Gasteiger charge is -2.35. The van der Waals surface area contributed by atoms with Crippen LogP contribution in [-0.2, 0) is 0 Å². The molecule has 1 fully saturated rings. The molecular weight excluding hydrogens is 262 g/mol. The van der Waals surface area contributed by atoms with Crippen LogP contribution in [-0.4, -0.2) is 44.2 Å². The lowest BCUT2D eigenvalue weighted by Crippen LogP contribution is -2.39. The number of aromatic nitrogens is 4. The van der Waals surface area contributed by atoms with Crippen LogP contribution in [0.2, 0.25) is 0 Å². The Morgan fingerprint density at radius 1 is 1.29 bits per heavy atom. The van der Waals surface area contributed by atoms with Gasteiger partial charge < -0.3 is 4.90 Å². The number of piperidine rings is 1. The van der Waals surface area contributed by atoms with E-state index in [1.54, 1.807) is 12.4 Å². The predicted octanol–water partition coefficient (Wildman–Crippen LogP) is 2.76. The zero-order valence-electron chi connectivity index (χ0n) is 13.0. The number of H-pyrrole nitrogens is 1. The number of hydrogen-bond acceptors (Lipinski definition) is 4. The van der Waals surface area contributed by atoms with Crippen molar-refractivity contribution in [3.63, 3.8) is 0 Å². The van der Waals surface area contributed by atoms with Crippen molar-refractivity contribution >= 4 is 0 Å². The van der Waals surface area contributed by atoms with Crippen molar-refractivity contribution in [3.8, 4) is 11.4 Å². The van der Waals surface area contributed by atoms with E-state index in [1.165, 1.54) is 19.4 Å². The highest BCUT2D eigenvalue weighted by molar-refractivity contribution is 5.57. The summed E-state index contributed by atoms with van der Waals surface area (Å²) in [6.07, 6.45) is 5.95. The number of hydrogen-bond donors (Lipinski definition) is 1. The van der Waals surface area contributed by atoms with Gasteiger partial charge in [-0.2, -0.15) is 5.10 Å². The second-order valence-electron chi connectivity index (χ2n) is 6.15. The van der Waals surface area contributed by atoms with Crippen LogP contribution in [0.15, 0.2) is 18.5 Å². The van der Waals surface area contributed by atoms with Gasteiger partial charge in [-0.1, -0.05) is 0 Å². The van der Waals surface area contributed by atoms with Crippen LogP contribution in [0.1, 0.15) is 44.0 Å². The van der Waals surface area contributed by atoms with Crippen molar-refractivity contribution in [2.75, 3.05) is 13.1 Å². The van der Waals surface area contributed by atoms with Crippen LogP contribution in [0, 0.1) is 6.92 Å². The molecule has 0 aromatic carbocycles. The van der Waals surface area contributed by atoms with Gasteiger partial charge in [0, 0.05) is 36.6 Å². The van der Waals surface area contributed by atoms with E-state index in [2.05, 4.69) is 38.9 Å². The Labute approximate surface area is 125 Å². The highest BCUT2D eigenvalue weighted by atomic mass is 15.2. The second kappa shape index (κ2) is 5.93. The fraction of sp³-hybridized carbons (Fsp3) is 0.562. The van der Waals surface area contributed by atoms with Crippen LogP contribution in [0.25, 0.3) is 11.4 Å². The third-order valence-electron chi connectivity index (χ3n) is 4.24. The average Bonchev–Trinajstić information content (AvgIpc) is 2.94. The van der Waals surface area contributed by atoms with Crippen molar-refractivity contribution in [1.29, 1.82) is 0 Å². The van der Waals surface area contributed by atoms with Crippen molar-refractivity contribution in [3.05, 3.63) is 29.8 Å². The summed E-state index contributed by atoms with van der Waals surface area (Å²) in [6.45, 7) is 8.78. The Morgan fingerprint density at radius 2 is 2.10 bits per heavy atom. The highest BCUT2D eigenvalue weighted by Gasteiger charge is 2.27. The van der Waals surface area contributed by atoms with Crippen LogP contribution in [0.4, 0.5) is 0 Å². The largest absolute Gasteiger partial charge is 0.300 e. The summed E-state index contributed by atoms with van der Waals surface area (Å²) in [4.78, 5) is 11.7. The molecule has 2 aromatic rings. The maximum Gasteiger partial charge on any atom is 0.113 e. The first kappa shape index (κ1) is 14.2. The predicted molar refractivity (Wildman–Crippen MR) is 83.0 cm³/mol. The summed E-state index contributed by atoms with van der Waals surface area (Å²) < 4.78 is 0. The summed E-state index contributed by atoms with van der Waals surface area (Å²) >= 11 is 0. The molecule has 1 N–H and O–H groups in total. The molecule has 1 aliphatic rings. The molecule has 1 aliphatic heterocycles. The maximum atomic E-state index is 4.64. The summed E-state index contributed by atoms with van der Waals surface area (Å²) in [6, 6.07) is 2.62. The quantitative estimate of drug-likeness (QED) is 0.942. The molecular formula is C16H23N5. The molecule has 0 saturated carbocycles. The topological polar surface area (TPSA) is 57.7 Å². The second-order valence-corrected chi connectivity index (χ2v) is 6.15. The maximum absolute atomic E-state index is 4.64. The smallest absolute Gasteiger partial charge is 0.113 e. The summed E-state index contributed by atoms with van der Waals surface area (Å²) in [5.41, 5.74) is 3.97. The van der Waals surface area contributed by atoms with Gasteiger partial charge in [0.1, 0.15) is 11.4 Å². The van der Waals surface area contributed by atoms with Gasteiger partial charge >= 0.3 is 0 Å². The summed E-state index contributed by atoms with van der Waals surface area (Å²) in [5.74, 6) is 0.446. The van der Waals surface area contributed by atoms with Gasteiger partial charge in [0.25, 0.3) is 0 Å². The van der Waals surface area contributed by atoms with E-state index in [0.717, 1.165) is 29.3 Å². The third kappa shape index (κ3) is 2.97. The normalized spacial score (nSPS) is 20.1. The van der Waals surface area contributed by atoms with Gasteiger partial charge in [-0.05, 0) is 46.2 Å². The molecule has 112 valence electrons. The fourth-order valence-corrected chi connectivity index (χ4v) is 3.08. The Hall–Kier alpha value is -1.75. The molecule has 0 unspecified atom stereocenters. The molecule has 21 heavy (non-hydrogen) atoms. The van der Waals surface area contributed by atoms with Gasteiger partial charge in [-0.15, -0.1) is 0 Å². The molecule has 0 radical (unpaired) electrons. The Kier molecular flexibility index (Phi) is 4.01. The molecule has 0 spiro atoms. The van der Waals surface area contributed by atoms with Crippen molar-refractivity contribution < 1.29 is 0 Å². The summed E-state index contributed by atoms with van der Waals surface area (Å²) in [5, 5.41) is 7.35. The number of likely N-dealkylation sites (tertiary alicyclic amines) is 1. The van der Waals surface area contributed by atoms with Gasteiger partial charge in [-0.25, -0.2) is 0 Å². The molecule has 0 bridgehead atoms. The van der Waals surface area contributed by atoms with E-state index >= 15 is 0 Å². The number of aryl methyl sites for hydroxylation is 1. The van der Waals surface area contributed by atoms with E-state index in [9.17, 15) is 0 Å². The van der Waals surface area contributed by atoms with E-state index in [0.29, 0.717) is 12.0 Å². The minimum absolute atomic E-state index is 0.446. The minimum Gasteiger partial charge on any atom is -0.300 e. The third-order valence-corrected chi connectivity index (χ3v) is 4.24. The van der Waals surface area contributed by atoms with Crippen LogP contribution < -0.4 is 0 Å². The zero-order valence-corrected chi connectivity index (χ0v) is 13.0. The Balaban J connectivity index is 1.92. The van der Waals surface area contributed by atoms with E-state index < -0.39 is 0 Å². The number of nitrogens with zero attached hydrogens (tertiary/aromatic N) is 4. The first-order chi connectivity index (χ1) is 10.1. The van der Waals surface area contributed by atoms with Gasteiger partial charge in [0.15, 0.2) is 0 Å². The monoisotopic (exact) mass is 285 g/mol. The Bertz CT molecular complexity index is 604. The van der Waals surface area contributed by atoms with Crippen LogP contribution >= 0.6 is 0 Å². The van der Waals surface area contributed by atoms with Gasteiger partial charge in [0.2, 0.25) is 0 Å². The molecule has 1 atom stereocenters. The average molecular weight is 285 g/mol. The van der Waals surface area contributed by atoms with Crippen molar-refractivity contribution in [2.24, 2.45) is 0 Å². The van der Waals surface area contributed by atoms with Gasteiger partial charge in [-0.3, -0.25) is 15.1 Å². The van der Waals surface area contributed by atoms with E-state index in [4.69, 9.17) is 0 Å². The first-order valence-electron chi connectivity index (χ1n) is 7.72. The molecule has 5 nitrogen and oxygen atoms in total. The first-order valence-corrected chi connectivity index (χ1v) is 7.72. The molecule has 0 amide bonds. The highest BCUT2D eigenvalue weighted by Crippen LogP contribution is 2.31. The van der Waals surface area contributed by atoms with E-state index in [1.807, 2.05) is 13.0 Å². The van der Waals surface area contributed by atoms with Gasteiger partial charge in [0.05, 0.1) is 5.69 Å².